The summed E-state index contributed by atoms with van der Waals surface area (Å²) >= 11 is 0. The number of phenols is 1. The Morgan fingerprint density at radius 1 is 1.00 bits per heavy atom. The third-order valence-corrected chi connectivity index (χ3v) is 8.92. The zero-order chi connectivity index (χ0) is 30.8. The van der Waals surface area contributed by atoms with Gasteiger partial charge in [0.2, 0.25) is 11.8 Å². The first-order valence-corrected chi connectivity index (χ1v) is 15.1. The second-order valence-corrected chi connectivity index (χ2v) is 11.9. The van der Waals surface area contributed by atoms with Gasteiger partial charge in [0.15, 0.2) is 0 Å². The number of ether oxygens (including phenoxy) is 1. The summed E-state index contributed by atoms with van der Waals surface area (Å²) in [6.45, 7) is 2.39. The zero-order valence-electron chi connectivity index (χ0n) is 25.0. The van der Waals surface area contributed by atoms with E-state index in [-0.39, 0.29) is 29.8 Å². The predicted molar refractivity (Wildman–Crippen MR) is 171 cm³/mol. The summed E-state index contributed by atoms with van der Waals surface area (Å²) < 4.78 is 11.7. The van der Waals surface area contributed by atoms with Crippen molar-refractivity contribution in [2.24, 2.45) is 17.8 Å². The molecule has 8 nitrogen and oxygen atoms in total. The highest BCUT2D eigenvalue weighted by Gasteiger charge is 2.57. The molecule has 3 aromatic rings. The van der Waals surface area contributed by atoms with Crippen molar-refractivity contribution < 1.29 is 29.1 Å². The summed E-state index contributed by atoms with van der Waals surface area (Å²) in [5.74, 6) is -1.59. The summed E-state index contributed by atoms with van der Waals surface area (Å²) in [5, 5.41) is 23.8. The summed E-state index contributed by atoms with van der Waals surface area (Å²) in [5.41, 5.74) is 6.45. The van der Waals surface area contributed by atoms with Crippen molar-refractivity contribution >= 4 is 42.1 Å². The van der Waals surface area contributed by atoms with Gasteiger partial charge in [0.05, 0.1) is 30.2 Å². The maximum Gasteiger partial charge on any atom is 0.455 e. The van der Waals surface area contributed by atoms with Crippen LogP contribution in [0.25, 0.3) is 6.08 Å². The predicted octanol–water partition coefficient (Wildman–Crippen LogP) is 5.97. The van der Waals surface area contributed by atoms with Crippen LogP contribution in [0.3, 0.4) is 0 Å². The van der Waals surface area contributed by atoms with Crippen LogP contribution in [0.5, 0.6) is 5.75 Å². The van der Waals surface area contributed by atoms with E-state index in [0.29, 0.717) is 31.6 Å². The lowest BCUT2D eigenvalue weighted by molar-refractivity contribution is -0.122. The number of rotatable bonds is 9. The molecule has 2 heterocycles. The number of nitrogens with zero attached hydrogens (tertiary/aromatic N) is 1. The van der Waals surface area contributed by atoms with Crippen molar-refractivity contribution in [3.63, 3.8) is 0 Å². The van der Waals surface area contributed by atoms with E-state index in [0.717, 1.165) is 33.7 Å². The van der Waals surface area contributed by atoms with Crippen LogP contribution in [0, 0.1) is 17.8 Å². The molecule has 0 aromatic heterocycles. The fourth-order valence-corrected chi connectivity index (χ4v) is 6.99. The lowest BCUT2D eigenvalue weighted by Gasteiger charge is -2.43. The molecule has 9 heteroatoms. The average molecular weight is 593 g/mol. The van der Waals surface area contributed by atoms with Gasteiger partial charge in [0, 0.05) is 18.5 Å². The van der Waals surface area contributed by atoms with Gasteiger partial charge in [-0.1, -0.05) is 42.0 Å². The number of anilines is 3. The molecule has 6 rings (SSSR count). The first-order valence-electron chi connectivity index (χ1n) is 15.1. The van der Waals surface area contributed by atoms with E-state index in [1.54, 1.807) is 31.4 Å². The Bertz CT molecular complexity index is 1570. The Morgan fingerprint density at radius 3 is 2.41 bits per heavy atom. The smallest absolute Gasteiger partial charge is 0.455 e. The molecule has 3 aromatic carbocycles. The third-order valence-electron chi connectivity index (χ3n) is 8.92. The molecule has 1 aliphatic carbocycles. The summed E-state index contributed by atoms with van der Waals surface area (Å²) in [7, 11) is 0.601. The Balaban J connectivity index is 1.23. The van der Waals surface area contributed by atoms with Gasteiger partial charge < -0.3 is 24.8 Å². The van der Waals surface area contributed by atoms with Crippen molar-refractivity contribution in [1.29, 1.82) is 0 Å². The lowest BCUT2D eigenvalue weighted by atomic mass is 9.58. The van der Waals surface area contributed by atoms with E-state index in [4.69, 9.17) is 9.39 Å². The molecule has 4 atom stereocenters. The number of fused-ring (bicyclic) bond motifs is 3. The highest BCUT2D eigenvalue weighted by atomic mass is 16.5. The Hall–Kier alpha value is -4.18. The van der Waals surface area contributed by atoms with Crippen LogP contribution in [0.1, 0.15) is 31.7 Å². The van der Waals surface area contributed by atoms with Crippen LogP contribution in [-0.4, -0.2) is 48.9 Å². The van der Waals surface area contributed by atoms with Gasteiger partial charge in [-0.05, 0) is 104 Å². The van der Waals surface area contributed by atoms with Gasteiger partial charge in [0.25, 0.3) is 0 Å². The maximum absolute atomic E-state index is 14.0. The average Bonchev–Trinajstić information content (AvgIpc) is 3.27. The molecule has 2 saturated heterocycles. The maximum atomic E-state index is 14.0. The Kier molecular flexibility index (Phi) is 8.71. The number of aromatic hydroxyl groups is 1. The molecule has 2 aliphatic heterocycles. The van der Waals surface area contributed by atoms with Crippen LogP contribution in [0.2, 0.25) is 6.32 Å². The number of phenolic OH excluding ortho intramolecular Hbond substituents is 1. The second kappa shape index (κ2) is 12.8. The van der Waals surface area contributed by atoms with E-state index in [1.165, 1.54) is 4.90 Å². The van der Waals surface area contributed by atoms with E-state index >= 15 is 0 Å². The van der Waals surface area contributed by atoms with Crippen molar-refractivity contribution in [2.45, 2.75) is 38.6 Å². The van der Waals surface area contributed by atoms with Crippen LogP contribution in [-0.2, 0) is 19.0 Å². The lowest BCUT2D eigenvalue weighted by Crippen LogP contribution is -2.46. The molecule has 44 heavy (non-hydrogen) atoms. The number of carbonyl (C=O) groups excluding carboxylic acids is 2. The largest absolute Gasteiger partial charge is 0.508 e. The molecule has 0 unspecified atom stereocenters. The van der Waals surface area contributed by atoms with Crippen LogP contribution >= 0.6 is 0 Å². The highest BCUT2D eigenvalue weighted by Crippen LogP contribution is 2.51. The molecular formula is C35H37BN2O6. The fraction of sp³-hybridized carbons (Fsp3) is 0.314. The summed E-state index contributed by atoms with van der Waals surface area (Å²) in [6.07, 6.45) is 3.70. The van der Waals surface area contributed by atoms with Crippen molar-refractivity contribution in [3.05, 3.63) is 101 Å². The quantitative estimate of drug-likeness (QED) is 0.160. The molecule has 0 saturated carbocycles. The van der Waals surface area contributed by atoms with Gasteiger partial charge in [0.1, 0.15) is 5.75 Å². The number of carbonyl (C=O) groups is 2. The highest BCUT2D eigenvalue weighted by molar-refractivity contribution is 6.43. The Morgan fingerprint density at radius 2 is 1.70 bits per heavy atom. The van der Waals surface area contributed by atoms with Gasteiger partial charge in [-0.3, -0.25) is 14.5 Å². The van der Waals surface area contributed by atoms with E-state index < -0.39 is 25.1 Å². The third kappa shape index (κ3) is 6.08. The minimum Gasteiger partial charge on any atom is -0.508 e. The number of methoxy groups -OCH3 is 1. The Labute approximate surface area is 258 Å². The molecular weight excluding hydrogens is 555 g/mol. The first-order chi connectivity index (χ1) is 21.3. The number of hydrogen-bond donors (Lipinski definition) is 3. The number of nitrogens with one attached hydrogen (secondary N) is 1. The SMILES string of the molecule is COCC1=C2[C@@H](CC/C(C)=C/c3ccc(O)cc3)OB(O)C[C@@H]2[C@@H]2C(=O)N(c3ccc(Nc4ccccc4)cc3)C(=O)[C@@H]2C1. The topological polar surface area (TPSA) is 108 Å². The molecule has 3 N–H and O–H groups in total. The van der Waals surface area contributed by atoms with Gasteiger partial charge in [-0.15, -0.1) is 0 Å². The molecule has 0 bridgehead atoms. The standard InChI is InChI=1S/C35H37BN2O6/c1-22(18-23-9-15-28(39)16-10-23)8-17-31-32-24(21-43-2)19-29-33(30(32)20-36(42)44-31)35(41)38(34(29)40)27-13-11-26(12-14-27)37-25-6-4-3-5-7-25/h3-7,9-16,18,29-31,33,37,39,42H,8,17,19-21H2,1-2H3/b22-18+/t29-,30+,31-,33-/m1/s1. The van der Waals surface area contributed by atoms with Crippen LogP contribution < -0.4 is 10.2 Å². The minimum absolute atomic E-state index is 0.207. The molecule has 0 radical (unpaired) electrons. The molecule has 226 valence electrons. The molecule has 3 aliphatic rings. The van der Waals surface area contributed by atoms with Gasteiger partial charge in [-0.25, -0.2) is 0 Å². The van der Waals surface area contributed by atoms with E-state index in [9.17, 15) is 19.7 Å². The number of benzene rings is 3. The number of imide groups is 1. The number of allylic oxidation sites excluding steroid dienone is 1. The molecule has 2 amide bonds. The molecule has 0 spiro atoms. The molecule has 2 fully saturated rings. The van der Waals surface area contributed by atoms with E-state index in [1.807, 2.05) is 61.5 Å². The zero-order valence-corrected chi connectivity index (χ0v) is 25.0. The number of hydrogen-bond acceptors (Lipinski definition) is 7. The van der Waals surface area contributed by atoms with Crippen LogP contribution in [0.15, 0.2) is 95.6 Å². The van der Waals surface area contributed by atoms with Gasteiger partial charge in [-0.2, -0.15) is 0 Å². The summed E-state index contributed by atoms with van der Waals surface area (Å²) in [6, 6.07) is 24.2. The summed E-state index contributed by atoms with van der Waals surface area (Å²) in [4.78, 5) is 29.2. The number of para-hydroxylation sites is 1. The first kappa shape index (κ1) is 29.9. The van der Waals surface area contributed by atoms with Crippen molar-refractivity contribution in [2.75, 3.05) is 23.9 Å². The number of amides is 2. The normalized spacial score (nSPS) is 23.6. The minimum atomic E-state index is -1.03. The van der Waals surface area contributed by atoms with Crippen molar-refractivity contribution in [3.8, 4) is 5.75 Å². The van der Waals surface area contributed by atoms with E-state index in [2.05, 4.69) is 11.4 Å². The van der Waals surface area contributed by atoms with Gasteiger partial charge >= 0.3 is 7.12 Å². The monoisotopic (exact) mass is 592 g/mol. The second-order valence-electron chi connectivity index (χ2n) is 11.9. The van der Waals surface area contributed by atoms with Crippen LogP contribution in [0.4, 0.5) is 17.1 Å². The van der Waals surface area contributed by atoms with Crippen molar-refractivity contribution in [1.82, 2.24) is 0 Å². The fourth-order valence-electron chi connectivity index (χ4n) is 6.99.